The second kappa shape index (κ2) is 8.46. The van der Waals surface area contributed by atoms with Gasteiger partial charge in [0.2, 0.25) is 5.91 Å². The molecular formula is C23H18N2O. The van der Waals surface area contributed by atoms with Gasteiger partial charge in [-0.3, -0.25) is 4.79 Å². The lowest BCUT2D eigenvalue weighted by molar-refractivity contribution is -0.111. The molecule has 3 aromatic rings. The summed E-state index contributed by atoms with van der Waals surface area (Å²) < 4.78 is 0. The third-order valence-corrected chi connectivity index (χ3v) is 3.60. The molecule has 0 spiro atoms. The normalized spacial score (nSPS) is 10.2. The molecule has 1 N–H and O–H groups in total. The van der Waals surface area contributed by atoms with Gasteiger partial charge in [-0.15, -0.1) is 0 Å². The Bertz CT molecular complexity index is 995. The van der Waals surface area contributed by atoms with Gasteiger partial charge in [-0.2, -0.15) is 0 Å². The molecule has 0 aliphatic heterocycles. The third-order valence-electron chi connectivity index (χ3n) is 3.60. The van der Waals surface area contributed by atoms with E-state index in [0.717, 1.165) is 16.7 Å². The van der Waals surface area contributed by atoms with E-state index in [4.69, 9.17) is 0 Å². The highest BCUT2D eigenvalue weighted by Crippen LogP contribution is 2.11. The maximum atomic E-state index is 12.1. The number of nitrogens with zero attached hydrogens (tertiary/aromatic N) is 1. The number of aromatic nitrogens is 1. The van der Waals surface area contributed by atoms with E-state index in [9.17, 15) is 4.79 Å². The van der Waals surface area contributed by atoms with Crippen LogP contribution in [0, 0.1) is 18.8 Å². The van der Waals surface area contributed by atoms with Gasteiger partial charge in [0.15, 0.2) is 0 Å². The molecule has 3 nitrogen and oxygen atoms in total. The summed E-state index contributed by atoms with van der Waals surface area (Å²) in [5, 5.41) is 2.86. The topological polar surface area (TPSA) is 42.0 Å². The van der Waals surface area contributed by atoms with Crippen molar-refractivity contribution in [3.8, 4) is 11.8 Å². The molecule has 3 rings (SSSR count). The van der Waals surface area contributed by atoms with Gasteiger partial charge in [0.1, 0.15) is 5.69 Å². The molecule has 0 aliphatic rings. The number of nitrogens with one attached hydrogen (secondary N) is 1. The van der Waals surface area contributed by atoms with Crippen molar-refractivity contribution in [3.05, 3.63) is 101 Å². The fraction of sp³-hybridized carbons (Fsp3) is 0.0435. The number of benzene rings is 2. The minimum absolute atomic E-state index is 0.179. The Hall–Kier alpha value is -3.64. The zero-order valence-corrected chi connectivity index (χ0v) is 14.4. The predicted octanol–water partition coefficient (Wildman–Crippen LogP) is 4.44. The van der Waals surface area contributed by atoms with Crippen LogP contribution in [0.25, 0.3) is 6.08 Å². The maximum absolute atomic E-state index is 12.1. The lowest BCUT2D eigenvalue weighted by Crippen LogP contribution is -2.07. The molecule has 0 bridgehead atoms. The van der Waals surface area contributed by atoms with Crippen molar-refractivity contribution >= 4 is 17.7 Å². The van der Waals surface area contributed by atoms with Gasteiger partial charge >= 0.3 is 0 Å². The second-order valence-corrected chi connectivity index (χ2v) is 5.78. The lowest BCUT2D eigenvalue weighted by atomic mass is 10.1. The summed E-state index contributed by atoms with van der Waals surface area (Å²) in [5.41, 5.74) is 4.39. The minimum atomic E-state index is -0.179. The summed E-state index contributed by atoms with van der Waals surface area (Å²) in [4.78, 5) is 16.3. The first-order chi connectivity index (χ1) is 12.7. The van der Waals surface area contributed by atoms with Crippen LogP contribution >= 0.6 is 0 Å². The Morgan fingerprint density at radius 3 is 2.69 bits per heavy atom. The minimum Gasteiger partial charge on any atom is -0.322 e. The molecule has 0 fully saturated rings. The standard InChI is InChI=1S/C23H18N2O/c1-18-6-4-7-19(16-18)12-14-23(26)25-22-10-5-8-20(17-22)11-13-21-9-2-3-15-24-21/h2-10,12,14-17H,1H3,(H,25,26). The molecule has 1 amide bonds. The Morgan fingerprint density at radius 2 is 1.88 bits per heavy atom. The van der Waals surface area contributed by atoms with E-state index in [1.54, 1.807) is 12.3 Å². The molecule has 26 heavy (non-hydrogen) atoms. The van der Waals surface area contributed by atoms with Crippen LogP contribution in [0.4, 0.5) is 5.69 Å². The van der Waals surface area contributed by atoms with E-state index < -0.39 is 0 Å². The summed E-state index contributed by atoms with van der Waals surface area (Å²) in [6.45, 7) is 2.02. The van der Waals surface area contributed by atoms with Crippen molar-refractivity contribution in [2.75, 3.05) is 5.32 Å². The van der Waals surface area contributed by atoms with Crippen molar-refractivity contribution in [2.45, 2.75) is 6.92 Å². The first-order valence-corrected chi connectivity index (χ1v) is 8.28. The fourth-order valence-corrected chi connectivity index (χ4v) is 2.38. The van der Waals surface area contributed by atoms with E-state index >= 15 is 0 Å². The first-order valence-electron chi connectivity index (χ1n) is 8.28. The van der Waals surface area contributed by atoms with Crippen molar-refractivity contribution in [2.24, 2.45) is 0 Å². The molecule has 0 radical (unpaired) electrons. The van der Waals surface area contributed by atoms with E-state index in [-0.39, 0.29) is 5.91 Å². The van der Waals surface area contributed by atoms with Gasteiger partial charge in [-0.05, 0) is 54.8 Å². The Labute approximate surface area is 153 Å². The summed E-state index contributed by atoms with van der Waals surface area (Å²) in [6.07, 6.45) is 5.04. The molecule has 0 saturated carbocycles. The molecule has 126 valence electrons. The summed E-state index contributed by atoms with van der Waals surface area (Å²) >= 11 is 0. The van der Waals surface area contributed by atoms with Crippen molar-refractivity contribution in [1.82, 2.24) is 4.98 Å². The zero-order valence-electron chi connectivity index (χ0n) is 14.4. The average molecular weight is 338 g/mol. The van der Waals surface area contributed by atoms with E-state index in [1.165, 1.54) is 6.08 Å². The van der Waals surface area contributed by atoms with E-state index in [2.05, 4.69) is 22.1 Å². The molecule has 0 saturated heterocycles. The van der Waals surface area contributed by atoms with Gasteiger partial charge in [0.25, 0.3) is 0 Å². The van der Waals surface area contributed by atoms with Gasteiger partial charge in [0, 0.05) is 23.5 Å². The smallest absolute Gasteiger partial charge is 0.248 e. The Kier molecular flexibility index (Phi) is 5.59. The quantitative estimate of drug-likeness (QED) is 0.566. The van der Waals surface area contributed by atoms with Crippen LogP contribution in [0.5, 0.6) is 0 Å². The molecule has 1 heterocycles. The number of carbonyl (C=O) groups excluding carboxylic acids is 1. The Balaban J connectivity index is 1.67. The second-order valence-electron chi connectivity index (χ2n) is 5.78. The molecule has 0 atom stereocenters. The Morgan fingerprint density at radius 1 is 1.00 bits per heavy atom. The van der Waals surface area contributed by atoms with Gasteiger partial charge in [-0.1, -0.05) is 47.9 Å². The fourth-order valence-electron chi connectivity index (χ4n) is 2.38. The van der Waals surface area contributed by atoms with Gasteiger partial charge in [-0.25, -0.2) is 4.98 Å². The van der Waals surface area contributed by atoms with Crippen LogP contribution in [0.2, 0.25) is 0 Å². The van der Waals surface area contributed by atoms with Crippen LogP contribution in [0.15, 0.2) is 79.0 Å². The summed E-state index contributed by atoms with van der Waals surface area (Å²) in [5.74, 6) is 5.88. The molecule has 3 heteroatoms. The molecule has 0 unspecified atom stereocenters. The van der Waals surface area contributed by atoms with Crippen LogP contribution in [0.3, 0.4) is 0 Å². The third kappa shape index (κ3) is 5.19. The predicted molar refractivity (Wildman–Crippen MR) is 106 cm³/mol. The van der Waals surface area contributed by atoms with Crippen molar-refractivity contribution < 1.29 is 4.79 Å². The SMILES string of the molecule is Cc1cccc(C=CC(=O)Nc2cccc(C#Cc3ccccn3)c2)c1. The molecule has 1 aromatic heterocycles. The van der Waals surface area contributed by atoms with E-state index in [1.807, 2.05) is 73.7 Å². The number of amides is 1. The summed E-state index contributed by atoms with van der Waals surface area (Å²) in [7, 11) is 0. The van der Waals surface area contributed by atoms with Crippen LogP contribution in [-0.4, -0.2) is 10.9 Å². The number of rotatable bonds is 3. The number of anilines is 1. The van der Waals surface area contributed by atoms with Gasteiger partial charge < -0.3 is 5.32 Å². The largest absolute Gasteiger partial charge is 0.322 e. The van der Waals surface area contributed by atoms with Crippen LogP contribution in [-0.2, 0) is 4.79 Å². The number of hydrogen-bond acceptors (Lipinski definition) is 2. The monoisotopic (exact) mass is 338 g/mol. The molecular weight excluding hydrogens is 320 g/mol. The van der Waals surface area contributed by atoms with Gasteiger partial charge in [0.05, 0.1) is 0 Å². The number of aryl methyl sites for hydroxylation is 1. The van der Waals surface area contributed by atoms with Crippen molar-refractivity contribution in [3.63, 3.8) is 0 Å². The summed E-state index contributed by atoms with van der Waals surface area (Å²) in [6, 6.07) is 21.0. The molecule has 0 aliphatic carbocycles. The highest BCUT2D eigenvalue weighted by atomic mass is 16.1. The number of hydrogen-bond donors (Lipinski definition) is 1. The van der Waals surface area contributed by atoms with Crippen molar-refractivity contribution in [1.29, 1.82) is 0 Å². The highest BCUT2D eigenvalue weighted by Gasteiger charge is 1.99. The lowest BCUT2D eigenvalue weighted by Gasteiger charge is -2.02. The van der Waals surface area contributed by atoms with E-state index in [0.29, 0.717) is 11.4 Å². The molecule has 2 aromatic carbocycles. The zero-order chi connectivity index (χ0) is 18.2. The average Bonchev–Trinajstić information content (AvgIpc) is 2.66. The first kappa shape index (κ1) is 17.2. The number of carbonyl (C=O) groups is 1. The van der Waals surface area contributed by atoms with Crippen LogP contribution < -0.4 is 5.32 Å². The van der Waals surface area contributed by atoms with Crippen LogP contribution in [0.1, 0.15) is 22.4 Å². The highest BCUT2D eigenvalue weighted by molar-refractivity contribution is 6.02. The number of pyridine rings is 1. The maximum Gasteiger partial charge on any atom is 0.248 e.